The summed E-state index contributed by atoms with van der Waals surface area (Å²) >= 11 is 0. The molecule has 0 aromatic rings. The van der Waals surface area contributed by atoms with Crippen LogP contribution in [-0.4, -0.2) is 12.1 Å². The summed E-state index contributed by atoms with van der Waals surface area (Å²) in [6.07, 6.45) is 12.6. The number of hydrogen-bond donors (Lipinski definition) is 1. The molecule has 1 fully saturated rings. The molecule has 1 saturated carbocycles. The Balaban J connectivity index is 2.29. The minimum Gasteiger partial charge on any atom is -0.311 e. The van der Waals surface area contributed by atoms with Crippen molar-refractivity contribution in [1.29, 1.82) is 0 Å². The first kappa shape index (κ1) is 14.0. The smallest absolute Gasteiger partial charge is 0.00696 e. The van der Waals surface area contributed by atoms with Crippen LogP contribution < -0.4 is 5.32 Å². The van der Waals surface area contributed by atoms with Crippen LogP contribution in [0.5, 0.6) is 0 Å². The molecule has 0 radical (unpaired) electrons. The summed E-state index contributed by atoms with van der Waals surface area (Å²) < 4.78 is 0. The van der Waals surface area contributed by atoms with E-state index >= 15 is 0 Å². The van der Waals surface area contributed by atoms with Crippen LogP contribution in [0.2, 0.25) is 0 Å². The van der Waals surface area contributed by atoms with Gasteiger partial charge >= 0.3 is 0 Å². The molecule has 0 amide bonds. The lowest BCUT2D eigenvalue weighted by Gasteiger charge is -2.26. The van der Waals surface area contributed by atoms with Crippen LogP contribution in [0.4, 0.5) is 0 Å². The first-order chi connectivity index (χ1) is 7.76. The fourth-order valence-corrected chi connectivity index (χ4v) is 2.78. The van der Waals surface area contributed by atoms with E-state index < -0.39 is 0 Å². The van der Waals surface area contributed by atoms with Crippen molar-refractivity contribution in [2.24, 2.45) is 5.92 Å². The highest BCUT2D eigenvalue weighted by molar-refractivity contribution is 4.77. The average Bonchev–Trinajstić information content (AvgIpc) is 2.56. The van der Waals surface area contributed by atoms with Gasteiger partial charge in [0.2, 0.25) is 0 Å². The minimum atomic E-state index is 0.762. The van der Waals surface area contributed by atoms with Crippen LogP contribution in [0.25, 0.3) is 0 Å². The number of hydrogen-bond acceptors (Lipinski definition) is 1. The van der Waals surface area contributed by atoms with Gasteiger partial charge < -0.3 is 5.32 Å². The molecule has 2 atom stereocenters. The topological polar surface area (TPSA) is 12.0 Å². The summed E-state index contributed by atoms with van der Waals surface area (Å²) in [7, 11) is 0. The van der Waals surface area contributed by atoms with E-state index in [-0.39, 0.29) is 0 Å². The van der Waals surface area contributed by atoms with Crippen molar-refractivity contribution in [2.75, 3.05) is 0 Å². The maximum Gasteiger partial charge on any atom is 0.00696 e. The SMILES string of the molecule is CCC(C)CC(CC)NC1CCCCCC1. The van der Waals surface area contributed by atoms with Gasteiger partial charge in [-0.05, 0) is 31.6 Å². The molecule has 0 bridgehead atoms. The molecule has 1 aliphatic rings. The number of nitrogens with one attached hydrogen (secondary N) is 1. The molecular weight excluding hydrogens is 194 g/mol. The Bertz CT molecular complexity index is 159. The summed E-state index contributed by atoms with van der Waals surface area (Å²) in [5.41, 5.74) is 0. The van der Waals surface area contributed by atoms with E-state index in [2.05, 4.69) is 26.1 Å². The van der Waals surface area contributed by atoms with E-state index in [1.54, 1.807) is 0 Å². The fourth-order valence-electron chi connectivity index (χ4n) is 2.78. The van der Waals surface area contributed by atoms with Crippen LogP contribution in [0.15, 0.2) is 0 Å². The highest BCUT2D eigenvalue weighted by Crippen LogP contribution is 2.20. The standard InChI is InChI=1S/C15H31N/c1-4-13(3)12-14(5-2)16-15-10-8-6-7-9-11-15/h13-16H,4-12H2,1-3H3. The van der Waals surface area contributed by atoms with Gasteiger partial charge in [0, 0.05) is 12.1 Å². The zero-order valence-electron chi connectivity index (χ0n) is 11.6. The molecule has 96 valence electrons. The molecule has 0 heterocycles. The predicted octanol–water partition coefficient (Wildman–Crippen LogP) is 4.51. The Labute approximate surface area is 102 Å². The van der Waals surface area contributed by atoms with Crippen molar-refractivity contribution in [3.63, 3.8) is 0 Å². The van der Waals surface area contributed by atoms with Crippen LogP contribution in [0.3, 0.4) is 0 Å². The van der Waals surface area contributed by atoms with Gasteiger partial charge in [0.05, 0.1) is 0 Å². The first-order valence-electron chi connectivity index (χ1n) is 7.52. The van der Waals surface area contributed by atoms with Crippen molar-refractivity contribution >= 4 is 0 Å². The summed E-state index contributed by atoms with van der Waals surface area (Å²) in [6.45, 7) is 7.03. The summed E-state index contributed by atoms with van der Waals surface area (Å²) in [6, 6.07) is 1.58. The lowest BCUT2D eigenvalue weighted by molar-refractivity contribution is 0.331. The molecule has 0 spiro atoms. The van der Waals surface area contributed by atoms with E-state index in [1.807, 2.05) is 0 Å². The third-order valence-electron chi connectivity index (χ3n) is 4.20. The van der Waals surface area contributed by atoms with E-state index in [0.29, 0.717) is 0 Å². The Morgan fingerprint density at radius 1 is 1.00 bits per heavy atom. The van der Waals surface area contributed by atoms with Gasteiger partial charge in [-0.3, -0.25) is 0 Å². The lowest BCUT2D eigenvalue weighted by atomic mass is 9.96. The van der Waals surface area contributed by atoms with Crippen molar-refractivity contribution in [2.45, 2.75) is 90.6 Å². The molecule has 1 nitrogen and oxygen atoms in total. The zero-order chi connectivity index (χ0) is 11.8. The van der Waals surface area contributed by atoms with Gasteiger partial charge in [0.1, 0.15) is 0 Å². The monoisotopic (exact) mass is 225 g/mol. The fraction of sp³-hybridized carbons (Fsp3) is 1.00. The van der Waals surface area contributed by atoms with Gasteiger partial charge in [0.25, 0.3) is 0 Å². The molecule has 16 heavy (non-hydrogen) atoms. The predicted molar refractivity (Wildman–Crippen MR) is 72.8 cm³/mol. The Morgan fingerprint density at radius 3 is 2.12 bits per heavy atom. The maximum absolute atomic E-state index is 3.91. The van der Waals surface area contributed by atoms with Crippen LogP contribution in [-0.2, 0) is 0 Å². The third kappa shape index (κ3) is 5.34. The van der Waals surface area contributed by atoms with Gasteiger partial charge in [-0.15, -0.1) is 0 Å². The summed E-state index contributed by atoms with van der Waals surface area (Å²) in [4.78, 5) is 0. The number of rotatable bonds is 6. The molecule has 1 rings (SSSR count). The summed E-state index contributed by atoms with van der Waals surface area (Å²) in [5, 5.41) is 3.91. The maximum atomic E-state index is 3.91. The van der Waals surface area contributed by atoms with Gasteiger partial charge in [-0.1, -0.05) is 52.9 Å². The zero-order valence-corrected chi connectivity index (χ0v) is 11.6. The quantitative estimate of drug-likeness (QED) is 0.656. The van der Waals surface area contributed by atoms with E-state index in [0.717, 1.165) is 18.0 Å². The van der Waals surface area contributed by atoms with E-state index in [9.17, 15) is 0 Å². The highest BCUT2D eigenvalue weighted by Gasteiger charge is 2.17. The summed E-state index contributed by atoms with van der Waals surface area (Å²) in [5.74, 6) is 0.878. The van der Waals surface area contributed by atoms with E-state index in [1.165, 1.54) is 57.8 Å². The lowest BCUT2D eigenvalue weighted by Crippen LogP contribution is -2.38. The Morgan fingerprint density at radius 2 is 1.62 bits per heavy atom. The van der Waals surface area contributed by atoms with Crippen molar-refractivity contribution in [3.05, 3.63) is 0 Å². The largest absolute Gasteiger partial charge is 0.311 e. The second-order valence-corrected chi connectivity index (χ2v) is 5.71. The average molecular weight is 225 g/mol. The van der Waals surface area contributed by atoms with Crippen molar-refractivity contribution in [3.8, 4) is 0 Å². The van der Waals surface area contributed by atoms with Crippen LogP contribution in [0, 0.1) is 5.92 Å². The highest BCUT2D eigenvalue weighted by atomic mass is 14.9. The first-order valence-corrected chi connectivity index (χ1v) is 7.52. The van der Waals surface area contributed by atoms with Gasteiger partial charge in [0.15, 0.2) is 0 Å². The second-order valence-electron chi connectivity index (χ2n) is 5.71. The molecule has 0 saturated heterocycles. The second kappa shape index (κ2) is 8.11. The molecule has 0 aliphatic heterocycles. The molecular formula is C15H31N. The molecule has 1 heteroatoms. The Hall–Kier alpha value is -0.0400. The third-order valence-corrected chi connectivity index (χ3v) is 4.20. The van der Waals surface area contributed by atoms with Gasteiger partial charge in [-0.2, -0.15) is 0 Å². The molecule has 0 aromatic carbocycles. The van der Waals surface area contributed by atoms with Crippen LogP contribution in [0.1, 0.15) is 78.6 Å². The molecule has 2 unspecified atom stereocenters. The van der Waals surface area contributed by atoms with Gasteiger partial charge in [-0.25, -0.2) is 0 Å². The molecule has 1 aliphatic carbocycles. The molecule has 1 N–H and O–H groups in total. The molecule has 0 aromatic heterocycles. The van der Waals surface area contributed by atoms with Crippen LogP contribution >= 0.6 is 0 Å². The van der Waals surface area contributed by atoms with Crippen molar-refractivity contribution in [1.82, 2.24) is 5.32 Å². The normalized spacial score (nSPS) is 22.7. The van der Waals surface area contributed by atoms with E-state index in [4.69, 9.17) is 0 Å². The minimum absolute atomic E-state index is 0.762. The Kier molecular flexibility index (Phi) is 7.11. The van der Waals surface area contributed by atoms with Crippen molar-refractivity contribution < 1.29 is 0 Å².